The molecule has 1 saturated heterocycles. The minimum atomic E-state index is -0.517. The van der Waals surface area contributed by atoms with Gasteiger partial charge in [-0.05, 0) is 45.0 Å². The first-order chi connectivity index (χ1) is 11.4. The predicted molar refractivity (Wildman–Crippen MR) is 94.1 cm³/mol. The van der Waals surface area contributed by atoms with Gasteiger partial charge in [0.1, 0.15) is 11.6 Å². The molecule has 24 heavy (non-hydrogen) atoms. The Balaban J connectivity index is 2.11. The lowest BCUT2D eigenvalue weighted by molar-refractivity contribution is 0.254. The van der Waals surface area contributed by atoms with E-state index in [1.807, 2.05) is 19.0 Å². The summed E-state index contributed by atoms with van der Waals surface area (Å²) in [5.41, 5.74) is 0.0949. The number of aliphatic imine (C=N–C) groups is 1. The van der Waals surface area contributed by atoms with E-state index in [1.165, 1.54) is 24.6 Å². The van der Waals surface area contributed by atoms with Crippen LogP contribution >= 0.6 is 0 Å². The molecule has 134 valence electrons. The van der Waals surface area contributed by atoms with Crippen molar-refractivity contribution in [3.63, 3.8) is 0 Å². The number of rotatable bonds is 4. The fraction of sp³-hybridized carbons (Fsp3) is 0.611. The highest BCUT2D eigenvalue weighted by atomic mass is 19.1. The van der Waals surface area contributed by atoms with Crippen molar-refractivity contribution in [1.29, 1.82) is 0 Å². The molecule has 2 unspecified atom stereocenters. The molecular weight excluding hydrogens is 310 g/mol. The van der Waals surface area contributed by atoms with Crippen LogP contribution in [0.4, 0.5) is 8.78 Å². The first kappa shape index (κ1) is 18.6. The number of hydrogen-bond donors (Lipinski definition) is 1. The van der Waals surface area contributed by atoms with E-state index < -0.39 is 17.7 Å². The molecule has 0 aliphatic carbocycles. The minimum absolute atomic E-state index is 0.0949. The van der Waals surface area contributed by atoms with E-state index in [2.05, 4.69) is 22.1 Å². The van der Waals surface area contributed by atoms with Crippen LogP contribution in [-0.2, 0) is 0 Å². The fourth-order valence-corrected chi connectivity index (χ4v) is 3.27. The molecule has 0 radical (unpaired) electrons. The van der Waals surface area contributed by atoms with Crippen LogP contribution in [0.5, 0.6) is 0 Å². The summed E-state index contributed by atoms with van der Waals surface area (Å²) in [7, 11) is 5.39. The van der Waals surface area contributed by atoms with Gasteiger partial charge in [-0.25, -0.2) is 8.78 Å². The third-order valence-corrected chi connectivity index (χ3v) is 4.58. The highest BCUT2D eigenvalue weighted by Gasteiger charge is 2.24. The van der Waals surface area contributed by atoms with E-state index in [-0.39, 0.29) is 5.56 Å². The molecule has 1 aromatic rings. The largest absolute Gasteiger partial charge is 0.354 e. The summed E-state index contributed by atoms with van der Waals surface area (Å²) in [6.07, 6.45) is 2.37. The number of nitrogens with zero attached hydrogens (tertiary/aromatic N) is 3. The predicted octanol–water partition coefficient (Wildman–Crippen LogP) is 2.87. The van der Waals surface area contributed by atoms with Crippen molar-refractivity contribution in [2.24, 2.45) is 10.9 Å². The summed E-state index contributed by atoms with van der Waals surface area (Å²) in [5, 5.41) is 3.29. The maximum atomic E-state index is 14.1. The number of likely N-dealkylation sites (N-methyl/N-ethyl adjacent to an activating group) is 1. The van der Waals surface area contributed by atoms with Crippen LogP contribution in [0.25, 0.3) is 0 Å². The number of benzene rings is 1. The Morgan fingerprint density at radius 3 is 2.58 bits per heavy atom. The topological polar surface area (TPSA) is 30.9 Å². The Labute approximate surface area is 143 Å². The van der Waals surface area contributed by atoms with Crippen molar-refractivity contribution < 1.29 is 8.78 Å². The number of likely N-dealkylation sites (tertiary alicyclic amines) is 1. The van der Waals surface area contributed by atoms with Crippen molar-refractivity contribution in [2.75, 3.05) is 40.8 Å². The lowest BCUT2D eigenvalue weighted by Gasteiger charge is -2.35. The maximum absolute atomic E-state index is 14.1. The minimum Gasteiger partial charge on any atom is -0.354 e. The highest BCUT2D eigenvalue weighted by molar-refractivity contribution is 5.80. The first-order valence-corrected chi connectivity index (χ1v) is 8.50. The molecule has 1 aliphatic heterocycles. The molecule has 1 aliphatic rings. The quantitative estimate of drug-likeness (QED) is 0.676. The molecule has 1 heterocycles. The van der Waals surface area contributed by atoms with Gasteiger partial charge in [0.2, 0.25) is 0 Å². The molecule has 0 aromatic heterocycles. The summed E-state index contributed by atoms with van der Waals surface area (Å²) in [6.45, 7) is 4.55. The third kappa shape index (κ3) is 4.44. The van der Waals surface area contributed by atoms with E-state index >= 15 is 0 Å². The SMILES string of the molecule is CN=C(NCC(c1c(F)cccc1F)N(C)C)N1CCCC(C)C1. The van der Waals surface area contributed by atoms with Gasteiger partial charge in [-0.3, -0.25) is 4.99 Å². The molecule has 4 nitrogen and oxygen atoms in total. The van der Waals surface area contributed by atoms with E-state index in [4.69, 9.17) is 0 Å². The Bertz CT molecular complexity index is 554. The summed E-state index contributed by atoms with van der Waals surface area (Å²) in [5.74, 6) is 0.394. The van der Waals surface area contributed by atoms with Gasteiger partial charge in [0, 0.05) is 32.2 Å². The second kappa shape index (κ2) is 8.42. The van der Waals surface area contributed by atoms with Crippen LogP contribution in [0.1, 0.15) is 31.4 Å². The molecule has 6 heteroatoms. The van der Waals surface area contributed by atoms with Gasteiger partial charge in [0.15, 0.2) is 5.96 Å². The number of nitrogens with one attached hydrogen (secondary N) is 1. The monoisotopic (exact) mass is 338 g/mol. The van der Waals surface area contributed by atoms with Crippen LogP contribution in [0, 0.1) is 17.6 Å². The summed E-state index contributed by atoms with van der Waals surface area (Å²) in [6, 6.07) is 3.58. The van der Waals surface area contributed by atoms with Gasteiger partial charge in [0.25, 0.3) is 0 Å². The van der Waals surface area contributed by atoms with Crippen molar-refractivity contribution in [1.82, 2.24) is 15.1 Å². The standard InChI is InChI=1S/C18H28F2N4/c1-13-7-6-10-24(12-13)18(21-2)22-11-16(23(3)4)17-14(19)8-5-9-15(17)20/h5,8-9,13,16H,6-7,10-12H2,1-4H3,(H,21,22). The van der Waals surface area contributed by atoms with Crippen molar-refractivity contribution in [2.45, 2.75) is 25.8 Å². The summed E-state index contributed by atoms with van der Waals surface area (Å²) in [4.78, 5) is 8.38. The number of piperidine rings is 1. The van der Waals surface area contributed by atoms with Gasteiger partial charge >= 0.3 is 0 Å². The first-order valence-electron chi connectivity index (χ1n) is 8.50. The van der Waals surface area contributed by atoms with Crippen molar-refractivity contribution in [3.05, 3.63) is 35.4 Å². The molecule has 2 atom stereocenters. The number of halogens is 2. The molecular formula is C18H28F2N4. The lowest BCUT2D eigenvalue weighted by atomic mass is 10.0. The Morgan fingerprint density at radius 2 is 2.04 bits per heavy atom. The van der Waals surface area contributed by atoms with E-state index in [0.717, 1.165) is 25.5 Å². The molecule has 0 saturated carbocycles. The van der Waals surface area contributed by atoms with E-state index in [0.29, 0.717) is 12.5 Å². The second-order valence-corrected chi connectivity index (χ2v) is 6.74. The maximum Gasteiger partial charge on any atom is 0.193 e. The van der Waals surface area contributed by atoms with Crippen LogP contribution < -0.4 is 5.32 Å². The zero-order chi connectivity index (χ0) is 17.7. The normalized spacial score (nSPS) is 20.4. The molecule has 1 aromatic carbocycles. The van der Waals surface area contributed by atoms with Gasteiger partial charge in [0.05, 0.1) is 6.04 Å². The molecule has 1 fully saturated rings. The fourth-order valence-electron chi connectivity index (χ4n) is 3.27. The average molecular weight is 338 g/mol. The Hall–Kier alpha value is -1.69. The number of hydrogen-bond acceptors (Lipinski definition) is 2. The molecule has 0 amide bonds. The smallest absolute Gasteiger partial charge is 0.193 e. The van der Waals surface area contributed by atoms with Crippen molar-refractivity contribution in [3.8, 4) is 0 Å². The summed E-state index contributed by atoms with van der Waals surface area (Å²) < 4.78 is 28.3. The van der Waals surface area contributed by atoms with Gasteiger partial charge in [-0.1, -0.05) is 13.0 Å². The van der Waals surface area contributed by atoms with Gasteiger partial charge < -0.3 is 15.1 Å². The van der Waals surface area contributed by atoms with Gasteiger partial charge in [-0.15, -0.1) is 0 Å². The summed E-state index contributed by atoms with van der Waals surface area (Å²) >= 11 is 0. The lowest BCUT2D eigenvalue weighted by Crippen LogP contribution is -2.48. The van der Waals surface area contributed by atoms with Crippen molar-refractivity contribution >= 4 is 5.96 Å². The van der Waals surface area contributed by atoms with E-state index in [9.17, 15) is 8.78 Å². The second-order valence-electron chi connectivity index (χ2n) is 6.74. The molecule has 2 rings (SSSR count). The van der Waals surface area contributed by atoms with Crippen LogP contribution in [0.15, 0.2) is 23.2 Å². The van der Waals surface area contributed by atoms with Crippen LogP contribution in [-0.4, -0.2) is 56.5 Å². The Morgan fingerprint density at radius 1 is 1.38 bits per heavy atom. The zero-order valence-electron chi connectivity index (χ0n) is 15.0. The number of guanidine groups is 1. The van der Waals surface area contributed by atoms with Crippen LogP contribution in [0.2, 0.25) is 0 Å². The highest BCUT2D eigenvalue weighted by Crippen LogP contribution is 2.24. The van der Waals surface area contributed by atoms with E-state index in [1.54, 1.807) is 7.05 Å². The molecule has 1 N–H and O–H groups in total. The zero-order valence-corrected chi connectivity index (χ0v) is 15.0. The Kier molecular flexibility index (Phi) is 6.54. The van der Waals surface area contributed by atoms with Crippen LogP contribution in [0.3, 0.4) is 0 Å². The van der Waals surface area contributed by atoms with Gasteiger partial charge in [-0.2, -0.15) is 0 Å². The molecule has 0 spiro atoms. The molecule has 0 bridgehead atoms. The third-order valence-electron chi connectivity index (χ3n) is 4.58. The average Bonchev–Trinajstić information content (AvgIpc) is 2.53.